The van der Waals surface area contributed by atoms with Crippen molar-refractivity contribution in [3.05, 3.63) is 82.6 Å². The zero-order chi connectivity index (χ0) is 21.7. The van der Waals surface area contributed by atoms with E-state index < -0.39 is 21.7 Å². The second-order valence-corrected chi connectivity index (χ2v) is 8.65. The Labute approximate surface area is 182 Å². The lowest BCUT2D eigenvalue weighted by atomic mass is 10.2. The van der Waals surface area contributed by atoms with Crippen molar-refractivity contribution in [2.24, 2.45) is 0 Å². The number of ether oxygens (including phenoxy) is 1. The van der Waals surface area contributed by atoms with Crippen LogP contribution in [-0.2, 0) is 10.0 Å². The highest BCUT2D eigenvalue weighted by molar-refractivity contribution is 9.10. The fourth-order valence-electron chi connectivity index (χ4n) is 2.64. The highest BCUT2D eigenvalue weighted by Gasteiger charge is 2.20. The molecule has 0 aliphatic rings. The zero-order valence-corrected chi connectivity index (χ0v) is 18.3. The lowest BCUT2D eigenvalue weighted by Crippen LogP contribution is -2.17. The van der Waals surface area contributed by atoms with Crippen LogP contribution in [0.1, 0.15) is 17.3 Å². The van der Waals surface area contributed by atoms with Crippen molar-refractivity contribution in [2.75, 3.05) is 16.6 Å². The molecule has 156 valence electrons. The van der Waals surface area contributed by atoms with E-state index in [1.165, 1.54) is 42.5 Å². The molecule has 1 amide bonds. The van der Waals surface area contributed by atoms with Gasteiger partial charge in [0.1, 0.15) is 11.6 Å². The summed E-state index contributed by atoms with van der Waals surface area (Å²) in [6.07, 6.45) is 0. The lowest BCUT2D eigenvalue weighted by molar-refractivity contribution is 0.102. The molecule has 0 radical (unpaired) electrons. The molecule has 9 heteroatoms. The van der Waals surface area contributed by atoms with Crippen LogP contribution in [0.25, 0.3) is 0 Å². The number of para-hydroxylation sites is 1. The molecule has 0 aliphatic carbocycles. The minimum Gasteiger partial charge on any atom is -0.492 e. The molecule has 0 unspecified atom stereocenters. The number of sulfonamides is 1. The van der Waals surface area contributed by atoms with Gasteiger partial charge in [-0.2, -0.15) is 0 Å². The molecule has 3 aromatic carbocycles. The monoisotopic (exact) mass is 492 g/mol. The number of rotatable bonds is 7. The molecule has 2 N–H and O–H groups in total. The quantitative estimate of drug-likeness (QED) is 0.483. The summed E-state index contributed by atoms with van der Waals surface area (Å²) in [4.78, 5) is 12.4. The van der Waals surface area contributed by atoms with E-state index in [4.69, 9.17) is 4.74 Å². The van der Waals surface area contributed by atoms with E-state index in [0.717, 1.165) is 0 Å². The summed E-state index contributed by atoms with van der Waals surface area (Å²) in [7, 11) is -3.96. The second-order valence-electron chi connectivity index (χ2n) is 6.11. The first-order chi connectivity index (χ1) is 14.3. The van der Waals surface area contributed by atoms with Gasteiger partial charge >= 0.3 is 0 Å². The molecule has 0 atom stereocenters. The minimum absolute atomic E-state index is 0.0921. The molecule has 0 bridgehead atoms. The van der Waals surface area contributed by atoms with Gasteiger partial charge in [0.2, 0.25) is 0 Å². The Hall–Kier alpha value is -2.91. The molecule has 0 spiro atoms. The summed E-state index contributed by atoms with van der Waals surface area (Å²) in [6.45, 7) is 2.05. The van der Waals surface area contributed by atoms with Crippen LogP contribution in [0, 0.1) is 5.82 Å². The van der Waals surface area contributed by atoms with Gasteiger partial charge in [-0.25, -0.2) is 12.8 Å². The molecule has 3 aromatic rings. The first-order valence-corrected chi connectivity index (χ1v) is 11.2. The summed E-state index contributed by atoms with van der Waals surface area (Å²) in [5, 5.41) is 2.53. The predicted molar refractivity (Wildman–Crippen MR) is 117 cm³/mol. The van der Waals surface area contributed by atoms with Crippen molar-refractivity contribution >= 4 is 43.2 Å². The Morgan fingerprint density at radius 1 is 1.03 bits per heavy atom. The molecular formula is C21H18BrFN2O4S. The third kappa shape index (κ3) is 4.98. The molecule has 30 heavy (non-hydrogen) atoms. The number of carbonyl (C=O) groups excluding carboxylic acids is 1. The molecule has 0 saturated heterocycles. The van der Waals surface area contributed by atoms with Crippen LogP contribution in [0.2, 0.25) is 0 Å². The Morgan fingerprint density at radius 3 is 2.43 bits per heavy atom. The highest BCUT2D eigenvalue weighted by Crippen LogP contribution is 2.30. The van der Waals surface area contributed by atoms with Crippen LogP contribution in [0.3, 0.4) is 0 Å². The van der Waals surface area contributed by atoms with Crippen molar-refractivity contribution < 1.29 is 22.3 Å². The van der Waals surface area contributed by atoms with Gasteiger partial charge in [-0.15, -0.1) is 0 Å². The van der Waals surface area contributed by atoms with Gasteiger partial charge in [0.05, 0.1) is 28.4 Å². The topological polar surface area (TPSA) is 84.5 Å². The van der Waals surface area contributed by atoms with E-state index in [9.17, 15) is 17.6 Å². The van der Waals surface area contributed by atoms with E-state index in [2.05, 4.69) is 26.0 Å². The molecule has 6 nitrogen and oxygen atoms in total. The Morgan fingerprint density at radius 2 is 1.73 bits per heavy atom. The zero-order valence-electron chi connectivity index (χ0n) is 15.9. The Kier molecular flexibility index (Phi) is 6.73. The maximum atomic E-state index is 13.9. The van der Waals surface area contributed by atoms with Gasteiger partial charge in [-0.1, -0.05) is 24.3 Å². The standard InChI is InChI=1S/C21H18BrFN2O4S/c1-2-29-20-12-11-14(30(27,28)25-18-10-6-4-8-16(18)22)13-19(20)24-21(26)15-7-3-5-9-17(15)23/h3-13,25H,2H2,1H3,(H,24,26). The van der Waals surface area contributed by atoms with Crippen molar-refractivity contribution in [2.45, 2.75) is 11.8 Å². The summed E-state index contributed by atoms with van der Waals surface area (Å²) in [6, 6.07) is 16.3. The number of hydrogen-bond acceptors (Lipinski definition) is 4. The highest BCUT2D eigenvalue weighted by atomic mass is 79.9. The normalized spacial score (nSPS) is 11.0. The summed E-state index contributed by atoms with van der Waals surface area (Å²) in [5.74, 6) is -1.14. The van der Waals surface area contributed by atoms with Crippen LogP contribution in [0.5, 0.6) is 5.75 Å². The summed E-state index contributed by atoms with van der Waals surface area (Å²) in [5.41, 5.74) is 0.308. The van der Waals surface area contributed by atoms with Crippen LogP contribution < -0.4 is 14.8 Å². The van der Waals surface area contributed by atoms with Crippen molar-refractivity contribution in [1.82, 2.24) is 0 Å². The van der Waals surface area contributed by atoms with E-state index in [0.29, 0.717) is 16.8 Å². The predicted octanol–water partition coefficient (Wildman–Crippen LogP) is 5.04. The summed E-state index contributed by atoms with van der Waals surface area (Å²) < 4.78 is 48.2. The van der Waals surface area contributed by atoms with Crippen molar-refractivity contribution in [1.29, 1.82) is 0 Å². The van der Waals surface area contributed by atoms with Crippen molar-refractivity contribution in [3.8, 4) is 5.75 Å². The number of hydrogen-bond donors (Lipinski definition) is 2. The largest absolute Gasteiger partial charge is 0.492 e. The van der Waals surface area contributed by atoms with Crippen LogP contribution in [0.4, 0.5) is 15.8 Å². The van der Waals surface area contributed by atoms with Crippen molar-refractivity contribution in [3.63, 3.8) is 0 Å². The third-order valence-electron chi connectivity index (χ3n) is 4.05. The molecule has 0 fully saturated rings. The van der Waals surface area contributed by atoms with Gasteiger partial charge in [0, 0.05) is 4.47 Å². The minimum atomic E-state index is -3.96. The molecule has 0 aromatic heterocycles. The number of carbonyl (C=O) groups is 1. The Bertz CT molecular complexity index is 1190. The Balaban J connectivity index is 1.95. The third-order valence-corrected chi connectivity index (χ3v) is 6.10. The number of halogens is 2. The first-order valence-electron chi connectivity index (χ1n) is 8.92. The number of benzene rings is 3. The maximum Gasteiger partial charge on any atom is 0.262 e. The van der Waals surface area contributed by atoms with Crippen LogP contribution in [0.15, 0.2) is 76.1 Å². The second kappa shape index (κ2) is 9.27. The molecule has 3 rings (SSSR count). The van der Waals surface area contributed by atoms with Gasteiger partial charge < -0.3 is 10.1 Å². The van der Waals surface area contributed by atoms with E-state index >= 15 is 0 Å². The van der Waals surface area contributed by atoms with E-state index in [1.54, 1.807) is 31.2 Å². The summed E-state index contributed by atoms with van der Waals surface area (Å²) >= 11 is 3.29. The molecule has 0 heterocycles. The average molecular weight is 493 g/mol. The number of nitrogens with one attached hydrogen (secondary N) is 2. The fourth-order valence-corrected chi connectivity index (χ4v) is 4.26. The fraction of sp³-hybridized carbons (Fsp3) is 0.0952. The first kappa shape index (κ1) is 21.8. The lowest BCUT2D eigenvalue weighted by Gasteiger charge is -2.15. The smallest absolute Gasteiger partial charge is 0.262 e. The average Bonchev–Trinajstić information content (AvgIpc) is 2.71. The van der Waals surface area contributed by atoms with E-state index in [1.807, 2.05) is 0 Å². The van der Waals surface area contributed by atoms with Crippen LogP contribution in [-0.4, -0.2) is 20.9 Å². The van der Waals surface area contributed by atoms with Gasteiger partial charge in [-0.05, 0) is 65.3 Å². The van der Waals surface area contributed by atoms with Crippen LogP contribution >= 0.6 is 15.9 Å². The van der Waals surface area contributed by atoms with Gasteiger partial charge in [-0.3, -0.25) is 9.52 Å². The number of anilines is 2. The number of amides is 1. The van der Waals surface area contributed by atoms with Gasteiger partial charge in [0.25, 0.3) is 15.9 Å². The SMILES string of the molecule is CCOc1ccc(S(=O)(=O)Nc2ccccc2Br)cc1NC(=O)c1ccccc1F. The molecular weight excluding hydrogens is 475 g/mol. The van der Waals surface area contributed by atoms with E-state index in [-0.39, 0.29) is 21.9 Å². The maximum absolute atomic E-state index is 13.9. The van der Waals surface area contributed by atoms with Gasteiger partial charge in [0.15, 0.2) is 0 Å². The molecule has 0 saturated carbocycles. The molecule has 0 aliphatic heterocycles.